The molecule has 0 amide bonds. The fourth-order valence-electron chi connectivity index (χ4n) is 3.06. The van der Waals surface area contributed by atoms with Crippen LogP contribution >= 0.6 is 0 Å². The fourth-order valence-corrected chi connectivity index (χ4v) is 3.06. The largest absolute Gasteiger partial charge is 0.353 e. The highest BCUT2D eigenvalue weighted by Gasteiger charge is 2.28. The van der Waals surface area contributed by atoms with Crippen LogP contribution in [0.4, 0.5) is 17.5 Å². The van der Waals surface area contributed by atoms with Crippen molar-refractivity contribution in [2.45, 2.75) is 26.3 Å². The van der Waals surface area contributed by atoms with Crippen molar-refractivity contribution in [1.29, 1.82) is 0 Å². The van der Waals surface area contributed by atoms with Crippen molar-refractivity contribution >= 4 is 17.5 Å². The van der Waals surface area contributed by atoms with Crippen LogP contribution in [-0.2, 0) is 6.42 Å². The van der Waals surface area contributed by atoms with Gasteiger partial charge in [0.2, 0.25) is 5.95 Å². The highest BCUT2D eigenvalue weighted by atomic mass is 15.3. The van der Waals surface area contributed by atoms with Crippen molar-refractivity contribution in [3.05, 3.63) is 41.6 Å². The number of aromatic nitrogens is 2. The minimum atomic E-state index is 0.413. The topological polar surface area (TPSA) is 44.3 Å². The predicted molar refractivity (Wildman–Crippen MR) is 95.6 cm³/mol. The predicted octanol–water partition coefficient (Wildman–Crippen LogP) is 2.84. The molecule has 0 saturated heterocycles. The number of benzene rings is 1. The molecule has 1 atom stereocenters. The van der Waals surface area contributed by atoms with Crippen LogP contribution in [0.5, 0.6) is 0 Å². The third-order valence-corrected chi connectivity index (χ3v) is 4.14. The molecule has 2 aromatic rings. The first-order valence-corrected chi connectivity index (χ1v) is 8.16. The summed E-state index contributed by atoms with van der Waals surface area (Å²) in [5.41, 5.74) is 3.63. The Morgan fingerprint density at radius 1 is 1.26 bits per heavy atom. The Kier molecular flexibility index (Phi) is 4.48. The maximum absolute atomic E-state index is 4.75. The van der Waals surface area contributed by atoms with Crippen molar-refractivity contribution in [2.24, 2.45) is 0 Å². The quantitative estimate of drug-likeness (QED) is 0.920. The van der Waals surface area contributed by atoms with Gasteiger partial charge in [-0.2, -0.15) is 4.98 Å². The summed E-state index contributed by atoms with van der Waals surface area (Å²) in [4.78, 5) is 13.7. The molecule has 5 nitrogen and oxygen atoms in total. The third kappa shape index (κ3) is 3.45. The summed E-state index contributed by atoms with van der Waals surface area (Å²) in [7, 11) is 4.13. The lowest BCUT2D eigenvalue weighted by atomic mass is 10.1. The molecule has 23 heavy (non-hydrogen) atoms. The molecule has 2 heterocycles. The molecule has 1 aromatic carbocycles. The Morgan fingerprint density at radius 3 is 2.83 bits per heavy atom. The molecule has 1 aliphatic heterocycles. The molecule has 5 heteroatoms. The Bertz CT molecular complexity index is 683. The normalized spacial score (nSPS) is 16.7. The number of nitrogens with one attached hydrogen (secondary N) is 1. The van der Waals surface area contributed by atoms with Crippen LogP contribution in [0.25, 0.3) is 0 Å². The SMILES string of the molecule is Cc1cc(N2c3ccccc3CC2C)nc(NCCN(C)C)n1. The summed E-state index contributed by atoms with van der Waals surface area (Å²) < 4.78 is 0. The fraction of sp³-hybridized carbons (Fsp3) is 0.444. The minimum Gasteiger partial charge on any atom is -0.353 e. The second-order valence-corrected chi connectivity index (χ2v) is 6.47. The van der Waals surface area contributed by atoms with Crippen LogP contribution in [0.2, 0.25) is 0 Å². The molecular weight excluding hydrogens is 286 g/mol. The molecule has 1 N–H and O–H groups in total. The first-order valence-electron chi connectivity index (χ1n) is 8.16. The van der Waals surface area contributed by atoms with Crippen LogP contribution in [0.3, 0.4) is 0 Å². The molecule has 1 unspecified atom stereocenters. The van der Waals surface area contributed by atoms with E-state index in [1.165, 1.54) is 11.3 Å². The molecule has 1 aromatic heterocycles. The summed E-state index contributed by atoms with van der Waals surface area (Å²) in [5.74, 6) is 1.68. The van der Waals surface area contributed by atoms with E-state index in [9.17, 15) is 0 Å². The Morgan fingerprint density at radius 2 is 2.04 bits per heavy atom. The zero-order valence-corrected chi connectivity index (χ0v) is 14.4. The van der Waals surface area contributed by atoms with Crippen molar-refractivity contribution in [1.82, 2.24) is 14.9 Å². The molecule has 0 radical (unpaired) electrons. The van der Waals surface area contributed by atoms with Gasteiger partial charge < -0.3 is 15.1 Å². The van der Waals surface area contributed by atoms with Gasteiger partial charge in [-0.25, -0.2) is 4.98 Å². The summed E-state index contributed by atoms with van der Waals surface area (Å²) >= 11 is 0. The lowest BCUT2D eigenvalue weighted by Gasteiger charge is -2.24. The monoisotopic (exact) mass is 311 g/mol. The van der Waals surface area contributed by atoms with Crippen molar-refractivity contribution in [3.63, 3.8) is 0 Å². The number of aryl methyl sites for hydroxylation is 1. The van der Waals surface area contributed by atoms with E-state index in [0.29, 0.717) is 12.0 Å². The minimum absolute atomic E-state index is 0.413. The number of rotatable bonds is 5. The van der Waals surface area contributed by atoms with Gasteiger partial charge in [-0.1, -0.05) is 18.2 Å². The first kappa shape index (κ1) is 15.7. The van der Waals surface area contributed by atoms with Gasteiger partial charge in [0.05, 0.1) is 0 Å². The van der Waals surface area contributed by atoms with Gasteiger partial charge in [-0.3, -0.25) is 0 Å². The Balaban J connectivity index is 1.86. The number of anilines is 3. The van der Waals surface area contributed by atoms with Crippen molar-refractivity contribution < 1.29 is 0 Å². The number of hydrogen-bond acceptors (Lipinski definition) is 5. The Labute approximate surface area is 138 Å². The average molecular weight is 311 g/mol. The molecule has 0 fully saturated rings. The van der Waals surface area contributed by atoms with Gasteiger partial charge in [-0.15, -0.1) is 0 Å². The average Bonchev–Trinajstić information content (AvgIpc) is 2.82. The molecule has 0 saturated carbocycles. The maximum Gasteiger partial charge on any atom is 0.224 e. The lowest BCUT2D eigenvalue weighted by molar-refractivity contribution is 0.425. The zero-order chi connectivity index (χ0) is 16.4. The maximum atomic E-state index is 4.75. The van der Waals surface area contributed by atoms with Gasteiger partial charge in [0.25, 0.3) is 0 Å². The van der Waals surface area contributed by atoms with E-state index in [4.69, 9.17) is 4.98 Å². The van der Waals surface area contributed by atoms with Crippen LogP contribution in [-0.4, -0.2) is 48.1 Å². The number of hydrogen-bond donors (Lipinski definition) is 1. The summed E-state index contributed by atoms with van der Waals surface area (Å²) in [6.07, 6.45) is 1.06. The molecule has 1 aliphatic rings. The van der Waals surface area contributed by atoms with E-state index >= 15 is 0 Å². The van der Waals surface area contributed by atoms with E-state index in [-0.39, 0.29) is 0 Å². The van der Waals surface area contributed by atoms with Crippen molar-refractivity contribution in [3.8, 4) is 0 Å². The molecule has 0 aliphatic carbocycles. The molecule has 0 bridgehead atoms. The number of nitrogens with zero attached hydrogens (tertiary/aromatic N) is 4. The Hall–Kier alpha value is -2.14. The van der Waals surface area contributed by atoms with E-state index in [2.05, 4.69) is 71.5 Å². The summed E-state index contributed by atoms with van der Waals surface area (Å²) in [5, 5.41) is 3.33. The highest BCUT2D eigenvalue weighted by molar-refractivity contribution is 5.69. The second kappa shape index (κ2) is 6.54. The second-order valence-electron chi connectivity index (χ2n) is 6.47. The third-order valence-electron chi connectivity index (χ3n) is 4.14. The zero-order valence-electron chi connectivity index (χ0n) is 14.4. The van der Waals surface area contributed by atoms with Gasteiger partial charge in [-0.05, 0) is 46.0 Å². The number of fused-ring (bicyclic) bond motifs is 1. The van der Waals surface area contributed by atoms with Crippen LogP contribution in [0, 0.1) is 6.92 Å². The smallest absolute Gasteiger partial charge is 0.224 e. The molecule has 122 valence electrons. The van der Waals surface area contributed by atoms with E-state index in [0.717, 1.165) is 31.0 Å². The molecule has 3 rings (SSSR count). The standard InChI is InChI=1S/C18H25N5/c1-13-11-17(21-18(20-13)19-9-10-22(3)4)23-14(2)12-15-7-5-6-8-16(15)23/h5-8,11,14H,9-10,12H2,1-4H3,(H,19,20,21). The molecular formula is C18H25N5. The summed E-state index contributed by atoms with van der Waals surface area (Å²) in [6, 6.07) is 11.1. The highest BCUT2D eigenvalue weighted by Crippen LogP contribution is 2.37. The van der Waals surface area contributed by atoms with E-state index in [1.807, 2.05) is 6.92 Å². The van der Waals surface area contributed by atoms with Crippen LogP contribution in [0.1, 0.15) is 18.2 Å². The lowest BCUT2D eigenvalue weighted by Crippen LogP contribution is -2.26. The van der Waals surface area contributed by atoms with Crippen molar-refractivity contribution in [2.75, 3.05) is 37.4 Å². The molecule has 0 spiro atoms. The first-order chi connectivity index (χ1) is 11.0. The van der Waals surface area contributed by atoms with E-state index < -0.39 is 0 Å². The van der Waals surface area contributed by atoms with Gasteiger partial charge in [0.1, 0.15) is 5.82 Å². The van der Waals surface area contributed by atoms with E-state index in [1.54, 1.807) is 0 Å². The van der Waals surface area contributed by atoms with Crippen LogP contribution in [0.15, 0.2) is 30.3 Å². The van der Waals surface area contributed by atoms with Gasteiger partial charge in [0, 0.05) is 36.6 Å². The van der Waals surface area contributed by atoms with Gasteiger partial charge in [0.15, 0.2) is 0 Å². The number of para-hydroxylation sites is 1. The van der Waals surface area contributed by atoms with Crippen LogP contribution < -0.4 is 10.2 Å². The number of likely N-dealkylation sites (N-methyl/N-ethyl adjacent to an activating group) is 1. The summed E-state index contributed by atoms with van der Waals surface area (Å²) in [6.45, 7) is 6.06. The van der Waals surface area contributed by atoms with Gasteiger partial charge >= 0.3 is 0 Å².